The summed E-state index contributed by atoms with van der Waals surface area (Å²) in [5.41, 5.74) is 0.118. The average molecular weight is 215 g/mol. The maximum Gasteiger partial charge on any atom is 0.326 e. The molecule has 0 aliphatic rings. The monoisotopic (exact) mass is 214 g/mol. The van der Waals surface area contributed by atoms with Crippen molar-refractivity contribution in [1.29, 1.82) is 0 Å². The highest BCUT2D eigenvalue weighted by Crippen LogP contribution is 2.19. The summed E-state index contributed by atoms with van der Waals surface area (Å²) in [4.78, 5) is 26.7. The quantitative estimate of drug-likeness (QED) is 0.734. The number of hydrogen-bond acceptors (Lipinski definition) is 2. The van der Waals surface area contributed by atoms with E-state index < -0.39 is 11.2 Å². The standard InChI is InChI=1S/C9H11ClN2O2/c1-3-5(4-2)6-7(10)11-9(14)12-8(6)13/h3H,4H2,1-2H3,(H2,11,12,13,14)/b5-3-. The average Bonchev–Trinajstić information content (AvgIpc) is 2.10. The summed E-state index contributed by atoms with van der Waals surface area (Å²) in [7, 11) is 0. The van der Waals surface area contributed by atoms with Crippen molar-refractivity contribution in [2.24, 2.45) is 0 Å². The van der Waals surface area contributed by atoms with Crippen LogP contribution in [0.1, 0.15) is 25.8 Å². The molecule has 0 saturated heterocycles. The Morgan fingerprint density at radius 3 is 2.50 bits per heavy atom. The first-order chi connectivity index (χ1) is 6.60. The molecule has 0 fully saturated rings. The molecule has 0 aliphatic heterocycles. The van der Waals surface area contributed by atoms with Crippen molar-refractivity contribution < 1.29 is 0 Å². The lowest BCUT2D eigenvalue weighted by atomic mass is 10.1. The molecule has 1 heterocycles. The van der Waals surface area contributed by atoms with Gasteiger partial charge < -0.3 is 0 Å². The third-order valence-electron chi connectivity index (χ3n) is 1.95. The zero-order valence-corrected chi connectivity index (χ0v) is 8.73. The molecule has 0 spiro atoms. The molecule has 0 unspecified atom stereocenters. The van der Waals surface area contributed by atoms with E-state index in [9.17, 15) is 9.59 Å². The van der Waals surface area contributed by atoms with Gasteiger partial charge in [0.15, 0.2) is 0 Å². The maximum atomic E-state index is 11.4. The smallest absolute Gasteiger partial charge is 0.297 e. The van der Waals surface area contributed by atoms with Crippen LogP contribution in [0.5, 0.6) is 0 Å². The summed E-state index contributed by atoms with van der Waals surface area (Å²) in [5, 5.41) is 0.0914. The van der Waals surface area contributed by atoms with Crippen LogP contribution >= 0.6 is 11.6 Å². The van der Waals surface area contributed by atoms with E-state index in [1.54, 1.807) is 6.08 Å². The fraction of sp³-hybridized carbons (Fsp3) is 0.333. The molecular formula is C9H11ClN2O2. The second kappa shape index (κ2) is 4.28. The number of hydrogen-bond donors (Lipinski definition) is 2. The van der Waals surface area contributed by atoms with E-state index in [2.05, 4.69) is 9.97 Å². The molecule has 1 rings (SSSR count). The minimum Gasteiger partial charge on any atom is -0.297 e. The lowest BCUT2D eigenvalue weighted by Crippen LogP contribution is -2.25. The Balaban J connectivity index is 3.50. The van der Waals surface area contributed by atoms with Crippen molar-refractivity contribution in [3.05, 3.63) is 37.6 Å². The van der Waals surface area contributed by atoms with E-state index in [1.165, 1.54) is 0 Å². The highest BCUT2D eigenvalue weighted by molar-refractivity contribution is 6.31. The van der Waals surface area contributed by atoms with E-state index in [1.807, 2.05) is 13.8 Å². The summed E-state index contributed by atoms with van der Waals surface area (Å²) in [6.07, 6.45) is 2.49. The van der Waals surface area contributed by atoms with Gasteiger partial charge in [-0.2, -0.15) is 0 Å². The predicted octanol–water partition coefficient (Wildman–Crippen LogP) is 1.53. The molecule has 0 aliphatic carbocycles. The Morgan fingerprint density at radius 1 is 1.43 bits per heavy atom. The van der Waals surface area contributed by atoms with Gasteiger partial charge in [-0.3, -0.25) is 14.8 Å². The molecule has 0 saturated carbocycles. The van der Waals surface area contributed by atoms with Crippen molar-refractivity contribution in [1.82, 2.24) is 9.97 Å². The van der Waals surface area contributed by atoms with Crippen molar-refractivity contribution in [3.63, 3.8) is 0 Å². The third kappa shape index (κ3) is 1.96. The molecular weight excluding hydrogens is 204 g/mol. The number of H-pyrrole nitrogens is 2. The molecule has 5 heteroatoms. The normalized spacial score (nSPS) is 11.8. The van der Waals surface area contributed by atoms with Gasteiger partial charge in [0.25, 0.3) is 5.56 Å². The molecule has 14 heavy (non-hydrogen) atoms. The first kappa shape index (κ1) is 10.8. The van der Waals surface area contributed by atoms with Gasteiger partial charge in [-0.05, 0) is 18.9 Å². The molecule has 0 aromatic carbocycles. The minimum atomic E-state index is -0.588. The molecule has 0 amide bonds. The van der Waals surface area contributed by atoms with Crippen molar-refractivity contribution in [3.8, 4) is 0 Å². The minimum absolute atomic E-state index is 0.0914. The summed E-state index contributed by atoms with van der Waals surface area (Å²) in [6.45, 7) is 3.73. The Bertz CT molecular complexity index is 470. The van der Waals surface area contributed by atoms with Crippen LogP contribution in [0.15, 0.2) is 15.7 Å². The van der Waals surface area contributed by atoms with Gasteiger partial charge in [-0.25, -0.2) is 4.79 Å². The predicted molar refractivity (Wildman–Crippen MR) is 56.6 cm³/mol. The Kier molecular flexibility index (Phi) is 3.30. The van der Waals surface area contributed by atoms with Crippen LogP contribution in [-0.4, -0.2) is 9.97 Å². The first-order valence-corrected chi connectivity index (χ1v) is 4.65. The second-order valence-corrected chi connectivity index (χ2v) is 3.14. The Labute approximate surface area is 85.6 Å². The van der Waals surface area contributed by atoms with E-state index in [0.29, 0.717) is 12.0 Å². The van der Waals surface area contributed by atoms with Crippen LogP contribution in [0, 0.1) is 0 Å². The van der Waals surface area contributed by atoms with E-state index in [4.69, 9.17) is 11.6 Å². The van der Waals surface area contributed by atoms with Crippen LogP contribution in [-0.2, 0) is 0 Å². The summed E-state index contributed by atoms with van der Waals surface area (Å²) in [5.74, 6) is 0. The fourth-order valence-corrected chi connectivity index (χ4v) is 1.56. The highest BCUT2D eigenvalue weighted by atomic mass is 35.5. The van der Waals surface area contributed by atoms with Crippen molar-refractivity contribution >= 4 is 17.2 Å². The van der Waals surface area contributed by atoms with Gasteiger partial charge >= 0.3 is 5.69 Å². The lowest BCUT2D eigenvalue weighted by molar-refractivity contribution is 1.02. The topological polar surface area (TPSA) is 65.7 Å². The van der Waals surface area contributed by atoms with Gasteiger partial charge in [0.2, 0.25) is 0 Å². The number of rotatable bonds is 2. The van der Waals surface area contributed by atoms with Crippen LogP contribution in [0.25, 0.3) is 5.57 Å². The second-order valence-electron chi connectivity index (χ2n) is 2.76. The van der Waals surface area contributed by atoms with Crippen LogP contribution in [0.2, 0.25) is 5.15 Å². The van der Waals surface area contributed by atoms with Crippen LogP contribution in [0.4, 0.5) is 0 Å². The highest BCUT2D eigenvalue weighted by Gasteiger charge is 2.10. The number of aromatic amines is 2. The van der Waals surface area contributed by atoms with E-state index in [0.717, 1.165) is 5.57 Å². The summed E-state index contributed by atoms with van der Waals surface area (Å²) in [6, 6.07) is 0. The molecule has 1 aromatic heterocycles. The third-order valence-corrected chi connectivity index (χ3v) is 2.23. The first-order valence-electron chi connectivity index (χ1n) is 4.27. The van der Waals surface area contributed by atoms with Gasteiger partial charge in [-0.15, -0.1) is 0 Å². The van der Waals surface area contributed by atoms with Gasteiger partial charge in [0.1, 0.15) is 5.15 Å². The van der Waals surface area contributed by atoms with Crippen LogP contribution < -0.4 is 11.2 Å². The molecule has 76 valence electrons. The molecule has 0 bridgehead atoms. The molecule has 4 nitrogen and oxygen atoms in total. The maximum absolute atomic E-state index is 11.4. The number of halogens is 1. The van der Waals surface area contributed by atoms with Crippen molar-refractivity contribution in [2.75, 3.05) is 0 Å². The zero-order valence-electron chi connectivity index (χ0n) is 7.98. The largest absolute Gasteiger partial charge is 0.326 e. The SMILES string of the molecule is C/C=C(/CC)c1c(Cl)[nH]c(=O)[nH]c1=O. The number of aromatic nitrogens is 2. The Hall–Kier alpha value is -1.29. The van der Waals surface area contributed by atoms with Crippen molar-refractivity contribution in [2.45, 2.75) is 20.3 Å². The van der Waals surface area contributed by atoms with Gasteiger partial charge in [0.05, 0.1) is 5.56 Å². The van der Waals surface area contributed by atoms with Gasteiger partial charge in [0, 0.05) is 0 Å². The van der Waals surface area contributed by atoms with Crippen LogP contribution in [0.3, 0.4) is 0 Å². The van der Waals surface area contributed by atoms with Gasteiger partial charge in [-0.1, -0.05) is 24.6 Å². The Morgan fingerprint density at radius 2 is 2.07 bits per heavy atom. The summed E-state index contributed by atoms with van der Waals surface area (Å²) < 4.78 is 0. The molecule has 1 aromatic rings. The van der Waals surface area contributed by atoms with E-state index in [-0.39, 0.29) is 5.15 Å². The fourth-order valence-electron chi connectivity index (χ4n) is 1.27. The lowest BCUT2D eigenvalue weighted by Gasteiger charge is -2.03. The molecule has 0 atom stereocenters. The summed E-state index contributed by atoms with van der Waals surface area (Å²) >= 11 is 5.77. The number of allylic oxidation sites excluding steroid dienone is 2. The number of nitrogens with one attached hydrogen (secondary N) is 2. The van der Waals surface area contributed by atoms with E-state index >= 15 is 0 Å². The molecule has 0 radical (unpaired) electrons. The zero-order chi connectivity index (χ0) is 10.7. The molecule has 2 N–H and O–H groups in total.